The lowest BCUT2D eigenvalue weighted by Crippen LogP contribution is -2.21. The zero-order chi connectivity index (χ0) is 12.9. The van der Waals surface area contributed by atoms with Crippen LogP contribution in [0.1, 0.15) is 27.2 Å². The minimum atomic E-state index is -0.0149. The van der Waals surface area contributed by atoms with Crippen molar-refractivity contribution in [1.82, 2.24) is 5.32 Å². The molecule has 0 spiro atoms. The van der Waals surface area contributed by atoms with Crippen LogP contribution in [0.4, 0.5) is 0 Å². The van der Waals surface area contributed by atoms with Gasteiger partial charge in [0.1, 0.15) is 5.76 Å². The van der Waals surface area contributed by atoms with Gasteiger partial charge in [0.15, 0.2) is 0 Å². The smallest absolute Gasteiger partial charge is 0.325 e. The molecule has 95 valence electrons. The highest BCUT2D eigenvalue weighted by Crippen LogP contribution is 2.00. The summed E-state index contributed by atoms with van der Waals surface area (Å²) >= 11 is 0. The predicted octanol–water partition coefficient (Wildman–Crippen LogP) is 1.60. The molecule has 0 saturated carbocycles. The summed E-state index contributed by atoms with van der Waals surface area (Å²) in [5.74, 6) is 2.52. The Balaban J connectivity index is 3.77. The van der Waals surface area contributed by atoms with E-state index >= 15 is 0 Å². The van der Waals surface area contributed by atoms with Gasteiger partial charge in [-0.15, -0.1) is 0 Å². The minimum absolute atomic E-state index is 0.0149. The van der Waals surface area contributed by atoms with Crippen molar-refractivity contribution in [3.05, 3.63) is 23.9 Å². The molecule has 1 radical (unpaired) electrons. The second-order valence-corrected chi connectivity index (χ2v) is 3.35. The van der Waals surface area contributed by atoms with E-state index in [4.69, 9.17) is 9.39 Å². The Labute approximate surface area is 104 Å². The van der Waals surface area contributed by atoms with Gasteiger partial charge >= 0.3 is 7.48 Å². The summed E-state index contributed by atoms with van der Waals surface area (Å²) in [7, 11) is 1.61. The Hall–Kier alpha value is -1.23. The molecule has 0 fully saturated rings. The van der Waals surface area contributed by atoms with Crippen molar-refractivity contribution in [3.63, 3.8) is 0 Å². The Kier molecular flexibility index (Phi) is 10.5. The van der Waals surface area contributed by atoms with Gasteiger partial charge in [-0.25, -0.2) is 0 Å². The van der Waals surface area contributed by atoms with E-state index in [0.29, 0.717) is 19.8 Å². The molecule has 4 nitrogen and oxygen atoms in total. The van der Waals surface area contributed by atoms with Crippen molar-refractivity contribution in [2.75, 3.05) is 19.8 Å². The number of rotatable bonds is 9. The van der Waals surface area contributed by atoms with E-state index < -0.39 is 0 Å². The molecule has 1 amide bonds. The molecule has 0 aliphatic rings. The fourth-order valence-corrected chi connectivity index (χ4v) is 1.05. The van der Waals surface area contributed by atoms with Gasteiger partial charge in [-0.2, -0.15) is 0 Å². The van der Waals surface area contributed by atoms with Gasteiger partial charge in [-0.1, -0.05) is 6.08 Å². The second kappa shape index (κ2) is 11.3. The highest BCUT2D eigenvalue weighted by molar-refractivity contribution is 6.34. The molecule has 5 heteroatoms. The monoisotopic (exact) mass is 238 g/mol. The summed E-state index contributed by atoms with van der Waals surface area (Å²) in [6.07, 6.45) is 4.55. The van der Waals surface area contributed by atoms with Gasteiger partial charge in [0, 0.05) is 20.1 Å². The summed E-state index contributed by atoms with van der Waals surface area (Å²) in [6.45, 7) is 7.19. The van der Waals surface area contributed by atoms with Gasteiger partial charge in [0.05, 0.1) is 6.61 Å². The molecule has 0 heterocycles. The molecule has 0 aromatic rings. The van der Waals surface area contributed by atoms with Crippen molar-refractivity contribution in [1.29, 1.82) is 0 Å². The maximum absolute atomic E-state index is 10.6. The summed E-state index contributed by atoms with van der Waals surface area (Å²) < 4.78 is 10.6. The number of nitrogens with one attached hydrogen (secondary N) is 1. The first-order valence-corrected chi connectivity index (χ1v) is 5.85. The van der Waals surface area contributed by atoms with E-state index in [2.05, 4.69) is 5.32 Å². The van der Waals surface area contributed by atoms with Crippen molar-refractivity contribution in [2.24, 2.45) is 0 Å². The van der Waals surface area contributed by atoms with E-state index in [1.165, 1.54) is 6.92 Å². The average molecular weight is 238 g/mol. The number of carbonyl (C=O) groups is 1. The fourth-order valence-electron chi connectivity index (χ4n) is 1.05. The zero-order valence-corrected chi connectivity index (χ0v) is 10.9. The number of allylic oxidation sites excluding steroid dienone is 2. The molecular weight excluding hydrogens is 217 g/mol. The molecular formula is C12H21BNO3. The van der Waals surface area contributed by atoms with Crippen LogP contribution in [0.15, 0.2) is 23.9 Å². The third-order valence-corrected chi connectivity index (χ3v) is 1.79. The van der Waals surface area contributed by atoms with Crippen molar-refractivity contribution < 1.29 is 14.2 Å². The molecule has 0 unspecified atom stereocenters. The lowest BCUT2D eigenvalue weighted by molar-refractivity contribution is -0.118. The standard InChI is InChI=1S/C12H21BNO3/c1-4-7-12(10-13-17-5-2)16-9-6-8-14-11(3)15/h4,7,10H,5-6,8-9H2,1-3H3,(H,14,15)/b7-4-,12-10-. The van der Waals surface area contributed by atoms with Crippen LogP contribution < -0.4 is 5.32 Å². The lowest BCUT2D eigenvalue weighted by atomic mass is 10.0. The fraction of sp³-hybridized carbons (Fsp3) is 0.583. The number of hydrogen-bond donors (Lipinski definition) is 1. The van der Waals surface area contributed by atoms with Gasteiger partial charge in [0.2, 0.25) is 5.91 Å². The Bertz CT molecular complexity index is 264. The van der Waals surface area contributed by atoms with E-state index in [1.807, 2.05) is 26.0 Å². The molecule has 1 N–H and O–H groups in total. The largest absolute Gasteiger partial charge is 0.495 e. The third-order valence-electron chi connectivity index (χ3n) is 1.79. The molecule has 0 atom stereocenters. The van der Waals surface area contributed by atoms with E-state index in [1.54, 1.807) is 13.5 Å². The molecule has 17 heavy (non-hydrogen) atoms. The first kappa shape index (κ1) is 15.8. The van der Waals surface area contributed by atoms with Crippen LogP contribution >= 0.6 is 0 Å². The topological polar surface area (TPSA) is 47.6 Å². The highest BCUT2D eigenvalue weighted by Gasteiger charge is 1.96. The molecule has 0 aliphatic carbocycles. The van der Waals surface area contributed by atoms with Crippen LogP contribution in [0.5, 0.6) is 0 Å². The first-order chi connectivity index (χ1) is 8.20. The Morgan fingerprint density at radius 2 is 2.24 bits per heavy atom. The molecule has 0 saturated heterocycles. The first-order valence-electron chi connectivity index (χ1n) is 5.85. The quantitative estimate of drug-likeness (QED) is 0.287. The number of ether oxygens (including phenoxy) is 1. The SMILES string of the molecule is C/C=C\C(=C\[B]OCC)OCCCNC(C)=O. The maximum atomic E-state index is 10.6. The van der Waals surface area contributed by atoms with E-state index in [0.717, 1.165) is 12.2 Å². The van der Waals surface area contributed by atoms with Gasteiger partial charge < -0.3 is 14.7 Å². The summed E-state index contributed by atoms with van der Waals surface area (Å²) in [4.78, 5) is 10.6. The van der Waals surface area contributed by atoms with Crippen molar-refractivity contribution in [2.45, 2.75) is 27.2 Å². The summed E-state index contributed by atoms with van der Waals surface area (Å²) in [6, 6.07) is 0. The Morgan fingerprint density at radius 3 is 2.82 bits per heavy atom. The summed E-state index contributed by atoms with van der Waals surface area (Å²) in [5, 5.41) is 2.71. The van der Waals surface area contributed by atoms with E-state index in [9.17, 15) is 4.79 Å². The van der Waals surface area contributed by atoms with Gasteiger partial charge in [-0.05, 0) is 32.3 Å². The third kappa shape index (κ3) is 11.0. The van der Waals surface area contributed by atoms with E-state index in [-0.39, 0.29) is 5.91 Å². The van der Waals surface area contributed by atoms with Crippen LogP contribution in [0.25, 0.3) is 0 Å². The Morgan fingerprint density at radius 1 is 1.47 bits per heavy atom. The normalized spacial score (nSPS) is 11.6. The van der Waals surface area contributed by atoms with Crippen LogP contribution in [0.3, 0.4) is 0 Å². The average Bonchev–Trinajstić information content (AvgIpc) is 2.28. The van der Waals surface area contributed by atoms with Crippen LogP contribution in [0.2, 0.25) is 0 Å². The van der Waals surface area contributed by atoms with Crippen molar-refractivity contribution >= 4 is 13.4 Å². The molecule has 0 aromatic carbocycles. The highest BCUT2D eigenvalue weighted by atomic mass is 16.5. The maximum Gasteiger partial charge on any atom is 0.325 e. The zero-order valence-electron chi connectivity index (χ0n) is 10.9. The summed E-state index contributed by atoms with van der Waals surface area (Å²) in [5.41, 5.74) is 0. The van der Waals surface area contributed by atoms with Gasteiger partial charge in [0.25, 0.3) is 0 Å². The number of hydrogen-bond acceptors (Lipinski definition) is 3. The number of carbonyl (C=O) groups excluding carboxylic acids is 1. The van der Waals surface area contributed by atoms with Crippen LogP contribution in [-0.4, -0.2) is 33.1 Å². The lowest BCUT2D eigenvalue weighted by Gasteiger charge is -2.07. The van der Waals surface area contributed by atoms with Crippen molar-refractivity contribution in [3.8, 4) is 0 Å². The molecule has 0 bridgehead atoms. The molecule has 0 aliphatic heterocycles. The molecule has 0 rings (SSSR count). The number of amides is 1. The van der Waals surface area contributed by atoms with Gasteiger partial charge in [-0.3, -0.25) is 4.79 Å². The second-order valence-electron chi connectivity index (χ2n) is 3.35. The predicted molar refractivity (Wildman–Crippen MR) is 69.5 cm³/mol. The van der Waals surface area contributed by atoms with Crippen LogP contribution in [0, 0.1) is 0 Å². The molecule has 0 aromatic heterocycles. The van der Waals surface area contributed by atoms with Crippen LogP contribution in [-0.2, 0) is 14.2 Å². The minimum Gasteiger partial charge on any atom is -0.495 e.